The lowest BCUT2D eigenvalue weighted by atomic mass is 10.0. The van der Waals surface area contributed by atoms with E-state index in [1.165, 1.54) is 43.1 Å². The van der Waals surface area contributed by atoms with Gasteiger partial charge in [-0.3, -0.25) is 9.59 Å². The van der Waals surface area contributed by atoms with Crippen molar-refractivity contribution < 1.29 is 19.1 Å². The van der Waals surface area contributed by atoms with Gasteiger partial charge in [-0.2, -0.15) is 0 Å². The van der Waals surface area contributed by atoms with E-state index in [-0.39, 0.29) is 24.8 Å². The summed E-state index contributed by atoms with van der Waals surface area (Å²) < 4.78 is 11.6. The molecule has 6 heteroatoms. The predicted molar refractivity (Wildman–Crippen MR) is 131 cm³/mol. The van der Waals surface area contributed by atoms with Crippen molar-refractivity contribution in [3.05, 3.63) is 63.1 Å². The maximum atomic E-state index is 12.1. The van der Waals surface area contributed by atoms with Crippen molar-refractivity contribution in [1.29, 1.82) is 0 Å². The van der Waals surface area contributed by atoms with Crippen LogP contribution in [0.1, 0.15) is 65.6 Å². The van der Waals surface area contributed by atoms with Gasteiger partial charge in [0.2, 0.25) is 0 Å². The van der Waals surface area contributed by atoms with Crippen LogP contribution in [0.15, 0.2) is 40.9 Å². The topological polar surface area (TPSA) is 64.6 Å². The van der Waals surface area contributed by atoms with Crippen molar-refractivity contribution in [3.63, 3.8) is 0 Å². The van der Waals surface area contributed by atoms with Crippen molar-refractivity contribution >= 4 is 27.8 Å². The van der Waals surface area contributed by atoms with Gasteiger partial charge in [0, 0.05) is 16.6 Å². The third-order valence-corrected chi connectivity index (χ3v) is 6.60. The van der Waals surface area contributed by atoms with E-state index < -0.39 is 0 Å². The molecule has 0 aliphatic carbocycles. The molecule has 0 atom stereocenters. The van der Waals surface area contributed by atoms with Gasteiger partial charge in [0.05, 0.1) is 20.1 Å². The second-order valence-electron chi connectivity index (χ2n) is 8.02. The van der Waals surface area contributed by atoms with Crippen LogP contribution in [0.3, 0.4) is 0 Å². The minimum atomic E-state index is -0.331. The number of carbonyl (C=O) groups excluding carboxylic acids is 2. The molecule has 0 aliphatic heterocycles. The molecule has 0 bridgehead atoms. The lowest BCUT2D eigenvalue weighted by Gasteiger charge is -2.10. The lowest BCUT2D eigenvalue weighted by Crippen LogP contribution is -2.26. The molecule has 2 aromatic carbocycles. The fourth-order valence-corrected chi connectivity index (χ4v) is 3.67. The molecule has 174 valence electrons. The molecule has 1 amide bonds. The summed E-state index contributed by atoms with van der Waals surface area (Å²) in [5.41, 5.74) is 4.25. The number of unbranched alkanes of at least 4 members (excludes halogenated alkanes) is 4. The Morgan fingerprint density at radius 2 is 1.56 bits per heavy atom. The Hall–Kier alpha value is -2.34. The zero-order valence-corrected chi connectivity index (χ0v) is 20.9. The summed E-state index contributed by atoms with van der Waals surface area (Å²) in [5.74, 6) is 0.447. The van der Waals surface area contributed by atoms with Crippen LogP contribution in [0.5, 0.6) is 5.75 Å². The first kappa shape index (κ1) is 25.9. The minimum absolute atomic E-state index is 0.170. The highest BCUT2D eigenvalue weighted by molar-refractivity contribution is 9.10. The number of hydrogen-bond donors (Lipinski definition) is 1. The fraction of sp³-hybridized carbons (Fsp3) is 0.462. The average molecular weight is 504 g/mol. The second-order valence-corrected chi connectivity index (χ2v) is 8.81. The molecular weight excluding hydrogens is 470 g/mol. The van der Waals surface area contributed by atoms with E-state index in [4.69, 9.17) is 4.74 Å². The largest absolute Gasteiger partial charge is 0.494 e. The number of hydrogen-bond acceptors (Lipinski definition) is 4. The molecule has 0 fully saturated rings. The Balaban J connectivity index is 1.56. The van der Waals surface area contributed by atoms with Crippen LogP contribution in [0.25, 0.3) is 0 Å². The first-order valence-corrected chi connectivity index (χ1v) is 12.0. The van der Waals surface area contributed by atoms with Crippen LogP contribution in [-0.4, -0.2) is 32.1 Å². The molecule has 0 spiro atoms. The van der Waals surface area contributed by atoms with E-state index in [2.05, 4.69) is 52.0 Å². The highest BCUT2D eigenvalue weighted by Crippen LogP contribution is 2.26. The number of benzene rings is 2. The molecule has 2 rings (SSSR count). The monoisotopic (exact) mass is 503 g/mol. The summed E-state index contributed by atoms with van der Waals surface area (Å²) in [6.45, 7) is 5.20. The molecule has 5 nitrogen and oxygen atoms in total. The van der Waals surface area contributed by atoms with Crippen molar-refractivity contribution in [2.45, 2.75) is 58.8 Å². The molecule has 0 saturated heterocycles. The zero-order valence-electron chi connectivity index (χ0n) is 19.3. The summed E-state index contributed by atoms with van der Waals surface area (Å²) in [4.78, 5) is 23.2. The number of rotatable bonds is 13. The first-order valence-electron chi connectivity index (χ1n) is 11.2. The summed E-state index contributed by atoms with van der Waals surface area (Å²) in [6, 6.07) is 11.8. The number of nitrogens with one attached hydrogen (secondary N) is 1. The Morgan fingerprint density at radius 3 is 2.22 bits per heavy atom. The molecule has 32 heavy (non-hydrogen) atoms. The predicted octanol–water partition coefficient (Wildman–Crippen LogP) is 5.93. The van der Waals surface area contributed by atoms with Crippen molar-refractivity contribution in [3.8, 4) is 5.75 Å². The van der Waals surface area contributed by atoms with Crippen LogP contribution < -0.4 is 10.1 Å². The van der Waals surface area contributed by atoms with Gasteiger partial charge < -0.3 is 14.8 Å². The number of halogens is 1. The van der Waals surface area contributed by atoms with Gasteiger partial charge in [0.15, 0.2) is 0 Å². The van der Waals surface area contributed by atoms with E-state index >= 15 is 0 Å². The molecule has 0 saturated carbocycles. The molecule has 1 N–H and O–H groups in total. The van der Waals surface area contributed by atoms with Crippen molar-refractivity contribution in [1.82, 2.24) is 5.32 Å². The SMILES string of the molecule is COC(=O)CCNC(=O)c1ccc(CCCCCCCOc2cc(C)c(Br)c(C)c2)cc1. The smallest absolute Gasteiger partial charge is 0.307 e. The highest BCUT2D eigenvalue weighted by Gasteiger charge is 2.07. The second kappa shape index (κ2) is 13.9. The standard InChI is InChI=1S/C26H34BrNO4/c1-19-17-23(18-20(2)25(19)27)32-16-8-6-4-5-7-9-21-10-12-22(13-11-21)26(30)28-15-14-24(29)31-3/h10-13,17-18H,4-9,14-16H2,1-3H3,(H,28,30). The minimum Gasteiger partial charge on any atom is -0.494 e. The normalized spacial score (nSPS) is 10.6. The third kappa shape index (κ3) is 9.03. The van der Waals surface area contributed by atoms with Crippen LogP contribution >= 0.6 is 15.9 Å². The number of ether oxygens (including phenoxy) is 2. The van der Waals surface area contributed by atoms with E-state index in [0.29, 0.717) is 5.56 Å². The molecule has 0 radical (unpaired) electrons. The summed E-state index contributed by atoms with van der Waals surface area (Å²) in [6.07, 6.45) is 6.94. The van der Waals surface area contributed by atoms with Gasteiger partial charge >= 0.3 is 5.97 Å². The maximum Gasteiger partial charge on any atom is 0.307 e. The van der Waals surface area contributed by atoms with E-state index in [1.807, 2.05) is 24.3 Å². The zero-order chi connectivity index (χ0) is 23.3. The summed E-state index contributed by atoms with van der Waals surface area (Å²) in [7, 11) is 1.34. The van der Waals surface area contributed by atoms with Crippen LogP contribution in [0.2, 0.25) is 0 Å². The maximum absolute atomic E-state index is 12.1. The Labute approximate surface area is 200 Å². The van der Waals surface area contributed by atoms with E-state index in [1.54, 1.807) is 0 Å². The summed E-state index contributed by atoms with van der Waals surface area (Å²) in [5, 5.41) is 2.73. The fourth-order valence-electron chi connectivity index (χ4n) is 3.45. The molecular formula is C26H34BrNO4. The molecule has 0 aliphatic rings. The van der Waals surface area contributed by atoms with E-state index in [0.717, 1.165) is 36.1 Å². The van der Waals surface area contributed by atoms with Gasteiger partial charge in [-0.05, 0) is 74.1 Å². The number of carbonyl (C=O) groups is 2. The van der Waals surface area contributed by atoms with Crippen LogP contribution in [0.4, 0.5) is 0 Å². The first-order chi connectivity index (χ1) is 15.4. The molecule has 0 heterocycles. The van der Waals surface area contributed by atoms with Gasteiger partial charge in [0.25, 0.3) is 5.91 Å². The van der Waals surface area contributed by atoms with Crippen LogP contribution in [-0.2, 0) is 16.0 Å². The van der Waals surface area contributed by atoms with Crippen molar-refractivity contribution in [2.75, 3.05) is 20.3 Å². The highest BCUT2D eigenvalue weighted by atomic mass is 79.9. The summed E-state index contributed by atoms with van der Waals surface area (Å²) >= 11 is 3.59. The molecule has 0 aromatic heterocycles. The van der Waals surface area contributed by atoms with Gasteiger partial charge in [0.1, 0.15) is 5.75 Å². The lowest BCUT2D eigenvalue weighted by molar-refractivity contribution is -0.140. The van der Waals surface area contributed by atoms with Crippen LogP contribution in [0, 0.1) is 13.8 Å². The molecule has 0 unspecified atom stereocenters. The molecule has 2 aromatic rings. The van der Waals surface area contributed by atoms with Gasteiger partial charge in [-0.15, -0.1) is 0 Å². The average Bonchev–Trinajstić information content (AvgIpc) is 2.79. The third-order valence-electron chi connectivity index (χ3n) is 5.35. The number of esters is 1. The number of methoxy groups -OCH3 is 1. The quantitative estimate of drug-likeness (QED) is 0.271. The Kier molecular flexibility index (Phi) is 11.3. The van der Waals surface area contributed by atoms with Gasteiger partial charge in [-0.1, -0.05) is 47.3 Å². The number of amides is 1. The Bertz CT molecular complexity index is 857. The van der Waals surface area contributed by atoms with Crippen molar-refractivity contribution in [2.24, 2.45) is 0 Å². The van der Waals surface area contributed by atoms with E-state index in [9.17, 15) is 9.59 Å². The van der Waals surface area contributed by atoms with Gasteiger partial charge in [-0.25, -0.2) is 0 Å². The Morgan fingerprint density at radius 1 is 0.938 bits per heavy atom. The number of aryl methyl sites for hydroxylation is 3.